The Balaban J connectivity index is 1.88. The number of hydrogen-bond donors (Lipinski definition) is 2. The zero-order valence-electron chi connectivity index (χ0n) is 15.2. The van der Waals surface area contributed by atoms with Gasteiger partial charge in [0.15, 0.2) is 0 Å². The highest BCUT2D eigenvalue weighted by atomic mass is 19.4. The number of rotatable bonds is 6. The number of halogens is 3. The van der Waals surface area contributed by atoms with Crippen LogP contribution < -0.4 is 5.32 Å². The summed E-state index contributed by atoms with van der Waals surface area (Å²) >= 11 is 0. The van der Waals surface area contributed by atoms with E-state index >= 15 is 0 Å². The molecule has 0 fully saturated rings. The highest BCUT2D eigenvalue weighted by Crippen LogP contribution is 2.31. The Morgan fingerprint density at radius 2 is 2.00 bits per heavy atom. The number of imidazole rings is 1. The fourth-order valence-corrected chi connectivity index (χ4v) is 2.82. The molecule has 1 amide bonds. The first kappa shape index (κ1) is 19.7. The number of likely N-dealkylation sites (N-methyl/N-ethyl adjacent to an activating group) is 1. The molecular weight excluding hydrogens is 373 g/mol. The van der Waals surface area contributed by atoms with Crippen molar-refractivity contribution in [2.75, 3.05) is 26.0 Å². The maximum Gasteiger partial charge on any atom is 0.416 e. The first-order chi connectivity index (χ1) is 13.3. The SMILES string of the molecule is CON(C)C(=O)C(CNc1nc2ccccc2[nH]1)c1cccc(C(F)(F)F)c1. The summed E-state index contributed by atoms with van der Waals surface area (Å²) in [4.78, 5) is 25.0. The van der Waals surface area contributed by atoms with Crippen LogP contribution in [0.3, 0.4) is 0 Å². The minimum Gasteiger partial charge on any atom is -0.355 e. The van der Waals surface area contributed by atoms with Gasteiger partial charge in [0.1, 0.15) is 0 Å². The lowest BCUT2D eigenvalue weighted by Crippen LogP contribution is -2.34. The number of carbonyl (C=O) groups excluding carboxylic acids is 1. The van der Waals surface area contributed by atoms with E-state index in [1.165, 1.54) is 26.3 Å². The molecule has 0 saturated carbocycles. The molecule has 2 N–H and O–H groups in total. The fraction of sp³-hybridized carbons (Fsp3) is 0.263. The molecule has 3 rings (SSSR count). The van der Waals surface area contributed by atoms with Gasteiger partial charge in [-0.25, -0.2) is 10.0 Å². The second-order valence-electron chi connectivity index (χ2n) is 6.18. The molecule has 1 atom stereocenters. The lowest BCUT2D eigenvalue weighted by atomic mass is 9.96. The van der Waals surface area contributed by atoms with E-state index in [0.29, 0.717) is 5.95 Å². The first-order valence-electron chi connectivity index (χ1n) is 8.47. The van der Waals surface area contributed by atoms with Crippen LogP contribution in [0.5, 0.6) is 0 Å². The number of carbonyl (C=O) groups is 1. The van der Waals surface area contributed by atoms with Crippen LogP contribution in [0.25, 0.3) is 11.0 Å². The highest BCUT2D eigenvalue weighted by Gasteiger charge is 2.32. The topological polar surface area (TPSA) is 70.2 Å². The lowest BCUT2D eigenvalue weighted by Gasteiger charge is -2.23. The largest absolute Gasteiger partial charge is 0.416 e. The van der Waals surface area contributed by atoms with Crippen molar-refractivity contribution < 1.29 is 22.8 Å². The van der Waals surface area contributed by atoms with Crippen molar-refractivity contribution in [3.63, 3.8) is 0 Å². The molecule has 2 aromatic carbocycles. The molecule has 6 nitrogen and oxygen atoms in total. The Morgan fingerprint density at radius 1 is 1.25 bits per heavy atom. The van der Waals surface area contributed by atoms with E-state index in [4.69, 9.17) is 4.84 Å². The van der Waals surface area contributed by atoms with Gasteiger partial charge in [0.25, 0.3) is 5.91 Å². The Morgan fingerprint density at radius 3 is 2.68 bits per heavy atom. The molecule has 1 unspecified atom stereocenters. The van der Waals surface area contributed by atoms with Gasteiger partial charge in [-0.05, 0) is 23.8 Å². The average Bonchev–Trinajstić information content (AvgIpc) is 3.09. The number of hydroxylamine groups is 2. The van der Waals surface area contributed by atoms with Crippen molar-refractivity contribution in [3.05, 3.63) is 59.7 Å². The van der Waals surface area contributed by atoms with Gasteiger partial charge in [-0.15, -0.1) is 0 Å². The van der Waals surface area contributed by atoms with Crippen molar-refractivity contribution in [1.29, 1.82) is 0 Å². The van der Waals surface area contributed by atoms with Gasteiger partial charge in [-0.2, -0.15) is 13.2 Å². The zero-order chi connectivity index (χ0) is 20.3. The molecule has 0 aliphatic heterocycles. The van der Waals surface area contributed by atoms with Gasteiger partial charge in [0.05, 0.1) is 29.6 Å². The molecule has 9 heteroatoms. The van der Waals surface area contributed by atoms with E-state index < -0.39 is 23.6 Å². The monoisotopic (exact) mass is 392 g/mol. The molecule has 3 aromatic rings. The third-order valence-corrected chi connectivity index (χ3v) is 4.36. The van der Waals surface area contributed by atoms with Crippen LogP contribution >= 0.6 is 0 Å². The Hall–Kier alpha value is -3.07. The molecule has 0 aliphatic rings. The Kier molecular flexibility index (Phi) is 5.55. The number of para-hydroxylation sites is 2. The average molecular weight is 392 g/mol. The number of nitrogens with one attached hydrogen (secondary N) is 2. The van der Waals surface area contributed by atoms with Crippen LogP contribution in [0, 0.1) is 0 Å². The second-order valence-corrected chi connectivity index (χ2v) is 6.18. The maximum atomic E-state index is 13.1. The predicted molar refractivity (Wildman–Crippen MR) is 98.5 cm³/mol. The van der Waals surface area contributed by atoms with Crippen LogP contribution in [0.1, 0.15) is 17.0 Å². The summed E-state index contributed by atoms with van der Waals surface area (Å²) < 4.78 is 39.2. The number of aromatic amines is 1. The van der Waals surface area contributed by atoms with Gasteiger partial charge in [0, 0.05) is 13.6 Å². The molecule has 0 aliphatic carbocycles. The summed E-state index contributed by atoms with van der Waals surface area (Å²) in [7, 11) is 2.72. The van der Waals surface area contributed by atoms with E-state index in [0.717, 1.165) is 28.2 Å². The van der Waals surface area contributed by atoms with E-state index in [9.17, 15) is 18.0 Å². The first-order valence-corrected chi connectivity index (χ1v) is 8.47. The van der Waals surface area contributed by atoms with Gasteiger partial charge >= 0.3 is 6.18 Å². The van der Waals surface area contributed by atoms with Gasteiger partial charge in [-0.3, -0.25) is 9.63 Å². The number of amides is 1. The minimum atomic E-state index is -4.50. The number of alkyl halides is 3. The van der Waals surface area contributed by atoms with Gasteiger partial charge in [0.2, 0.25) is 5.95 Å². The summed E-state index contributed by atoms with van der Waals surface area (Å²) in [6.07, 6.45) is -4.50. The van der Waals surface area contributed by atoms with E-state index in [2.05, 4.69) is 15.3 Å². The Bertz CT molecular complexity index is 938. The normalized spacial score (nSPS) is 12.8. The van der Waals surface area contributed by atoms with Gasteiger partial charge < -0.3 is 10.3 Å². The van der Waals surface area contributed by atoms with Gasteiger partial charge in [-0.1, -0.05) is 30.3 Å². The lowest BCUT2D eigenvalue weighted by molar-refractivity contribution is -0.170. The number of anilines is 1. The number of nitrogens with zero attached hydrogens (tertiary/aromatic N) is 2. The van der Waals surface area contributed by atoms with Crippen molar-refractivity contribution in [1.82, 2.24) is 15.0 Å². The number of fused-ring (bicyclic) bond motifs is 1. The summed E-state index contributed by atoms with van der Waals surface area (Å²) in [5.74, 6) is -0.961. The fourth-order valence-electron chi connectivity index (χ4n) is 2.82. The Labute approximate surface area is 159 Å². The van der Waals surface area contributed by atoms with Crippen molar-refractivity contribution in [2.24, 2.45) is 0 Å². The third kappa shape index (κ3) is 4.25. The maximum absolute atomic E-state index is 13.1. The number of aromatic nitrogens is 2. The zero-order valence-corrected chi connectivity index (χ0v) is 15.2. The number of H-pyrrole nitrogens is 1. The van der Waals surface area contributed by atoms with E-state index in [1.54, 1.807) is 0 Å². The van der Waals surface area contributed by atoms with Crippen molar-refractivity contribution in [2.45, 2.75) is 12.1 Å². The summed E-state index contributed by atoms with van der Waals surface area (Å²) in [6, 6.07) is 12.1. The quantitative estimate of drug-likeness (QED) is 0.626. The standard InChI is InChI=1S/C19H19F3N4O2/c1-26(28-2)17(27)14(12-6-5-7-13(10-12)19(20,21)22)11-23-18-24-15-8-3-4-9-16(15)25-18/h3-10,14H,11H2,1-2H3,(H2,23,24,25). The smallest absolute Gasteiger partial charge is 0.355 e. The molecule has 0 radical (unpaired) electrons. The summed E-state index contributed by atoms with van der Waals surface area (Å²) in [5, 5.41) is 3.99. The molecule has 1 heterocycles. The van der Waals surface area contributed by atoms with Crippen LogP contribution in [0.4, 0.5) is 19.1 Å². The number of benzene rings is 2. The summed E-state index contributed by atoms with van der Waals surface area (Å²) in [5.41, 5.74) is 0.959. The van der Waals surface area contributed by atoms with E-state index in [1.807, 2.05) is 24.3 Å². The third-order valence-electron chi connectivity index (χ3n) is 4.36. The molecule has 28 heavy (non-hydrogen) atoms. The highest BCUT2D eigenvalue weighted by molar-refractivity contribution is 5.83. The number of hydrogen-bond acceptors (Lipinski definition) is 4. The molecule has 148 valence electrons. The minimum absolute atomic E-state index is 0.0354. The molecule has 0 saturated heterocycles. The van der Waals surface area contributed by atoms with Crippen LogP contribution in [-0.2, 0) is 15.8 Å². The van der Waals surface area contributed by atoms with Crippen molar-refractivity contribution in [3.8, 4) is 0 Å². The predicted octanol–water partition coefficient (Wildman–Crippen LogP) is 3.80. The molecule has 1 aromatic heterocycles. The van der Waals surface area contributed by atoms with E-state index in [-0.39, 0.29) is 12.1 Å². The van der Waals surface area contributed by atoms with Crippen molar-refractivity contribution >= 4 is 22.9 Å². The van der Waals surface area contributed by atoms with Crippen LogP contribution in [-0.4, -0.2) is 41.6 Å². The van der Waals surface area contributed by atoms with Crippen LogP contribution in [0.15, 0.2) is 48.5 Å². The molecule has 0 spiro atoms. The summed E-state index contributed by atoms with van der Waals surface area (Å²) in [6.45, 7) is 0.0354. The second kappa shape index (κ2) is 7.89. The molecular formula is C19H19F3N4O2. The molecule has 0 bridgehead atoms. The van der Waals surface area contributed by atoms with Crippen LogP contribution in [0.2, 0.25) is 0 Å².